The highest BCUT2D eigenvalue weighted by atomic mass is 35.5. The van der Waals surface area contributed by atoms with E-state index in [2.05, 4.69) is 0 Å². The average Bonchev–Trinajstić information content (AvgIpc) is 2.54. The minimum Gasteiger partial charge on any atom is -0.334 e. The average molecular weight is 237 g/mol. The molecular formula is C12H13ClN2O. The lowest BCUT2D eigenvalue weighted by atomic mass is 9.91. The zero-order valence-electron chi connectivity index (χ0n) is 8.82. The molecule has 0 bridgehead atoms. The molecule has 2 aliphatic heterocycles. The summed E-state index contributed by atoms with van der Waals surface area (Å²) in [6.07, 6.45) is 1.34. The summed E-state index contributed by atoms with van der Waals surface area (Å²) in [4.78, 5) is 13.6. The van der Waals surface area contributed by atoms with Crippen LogP contribution in [0.5, 0.6) is 0 Å². The quantitative estimate of drug-likeness (QED) is 0.742. The van der Waals surface area contributed by atoms with Crippen molar-refractivity contribution < 1.29 is 4.79 Å². The molecule has 2 atom stereocenters. The fourth-order valence-electron chi connectivity index (χ4n) is 2.80. The fourth-order valence-corrected chi connectivity index (χ4v) is 2.99. The molecule has 4 heteroatoms. The van der Waals surface area contributed by atoms with Gasteiger partial charge in [-0.2, -0.15) is 0 Å². The van der Waals surface area contributed by atoms with Gasteiger partial charge in [0.05, 0.1) is 6.04 Å². The Bertz CT molecular complexity index is 460. The number of nitrogens with zero attached hydrogens (tertiary/aromatic N) is 1. The smallest absolute Gasteiger partial charge is 0.224 e. The van der Waals surface area contributed by atoms with E-state index in [9.17, 15) is 4.79 Å². The minimum atomic E-state index is -0.0762. The van der Waals surface area contributed by atoms with Crippen LogP contribution in [0.25, 0.3) is 0 Å². The lowest BCUT2D eigenvalue weighted by Crippen LogP contribution is -2.38. The molecule has 0 aliphatic carbocycles. The van der Waals surface area contributed by atoms with Gasteiger partial charge in [-0.25, -0.2) is 0 Å². The molecular weight excluding hydrogens is 224 g/mol. The minimum absolute atomic E-state index is 0.0634. The summed E-state index contributed by atoms with van der Waals surface area (Å²) in [7, 11) is 0. The number of hydrogen-bond acceptors (Lipinski definition) is 2. The maximum atomic E-state index is 11.7. The molecule has 2 N–H and O–H groups in total. The normalized spacial score (nSPS) is 27.9. The largest absolute Gasteiger partial charge is 0.334 e. The number of nitrogens with two attached hydrogens (primary N) is 1. The van der Waals surface area contributed by atoms with Crippen molar-refractivity contribution in [3.05, 3.63) is 34.3 Å². The van der Waals surface area contributed by atoms with E-state index in [1.165, 1.54) is 11.1 Å². The topological polar surface area (TPSA) is 46.3 Å². The first-order valence-electron chi connectivity index (χ1n) is 5.50. The number of hydrogen-bond donors (Lipinski definition) is 1. The van der Waals surface area contributed by atoms with E-state index < -0.39 is 0 Å². The number of halogens is 1. The van der Waals surface area contributed by atoms with Crippen molar-refractivity contribution in [3.63, 3.8) is 0 Å². The molecule has 1 fully saturated rings. The number of benzene rings is 1. The maximum absolute atomic E-state index is 11.7. The van der Waals surface area contributed by atoms with Crippen molar-refractivity contribution in [3.8, 4) is 0 Å². The number of carbonyl (C=O) groups excluding carboxylic acids is 1. The Hall–Kier alpha value is -1.06. The molecule has 1 amide bonds. The highest BCUT2D eigenvalue weighted by Gasteiger charge is 2.41. The van der Waals surface area contributed by atoms with E-state index in [0.29, 0.717) is 6.42 Å². The molecule has 1 saturated heterocycles. The van der Waals surface area contributed by atoms with Crippen molar-refractivity contribution in [1.82, 2.24) is 4.90 Å². The summed E-state index contributed by atoms with van der Waals surface area (Å²) in [6.45, 7) is 0.768. The summed E-state index contributed by atoms with van der Waals surface area (Å²) < 4.78 is 0. The van der Waals surface area contributed by atoms with Gasteiger partial charge in [0, 0.05) is 24.0 Å². The SMILES string of the molecule is NC1CC(=O)N2CCc3cc(Cl)ccc3C12. The van der Waals surface area contributed by atoms with E-state index in [1.807, 2.05) is 23.1 Å². The monoisotopic (exact) mass is 236 g/mol. The predicted octanol–water partition coefficient (Wildman–Crippen LogP) is 1.50. The Kier molecular flexibility index (Phi) is 2.19. The second-order valence-electron chi connectivity index (χ2n) is 4.49. The van der Waals surface area contributed by atoms with Gasteiger partial charge >= 0.3 is 0 Å². The highest BCUT2D eigenvalue weighted by molar-refractivity contribution is 6.30. The molecule has 1 aromatic carbocycles. The van der Waals surface area contributed by atoms with Crippen molar-refractivity contribution >= 4 is 17.5 Å². The van der Waals surface area contributed by atoms with E-state index in [1.54, 1.807) is 0 Å². The van der Waals surface area contributed by atoms with E-state index in [0.717, 1.165) is 18.0 Å². The second-order valence-corrected chi connectivity index (χ2v) is 4.93. The summed E-state index contributed by atoms with van der Waals surface area (Å²) in [5.74, 6) is 0.179. The Labute approximate surface area is 99.2 Å². The third-order valence-electron chi connectivity index (χ3n) is 3.52. The molecule has 3 nitrogen and oxygen atoms in total. The van der Waals surface area contributed by atoms with Crippen LogP contribution < -0.4 is 5.73 Å². The maximum Gasteiger partial charge on any atom is 0.224 e. The Morgan fingerprint density at radius 2 is 2.25 bits per heavy atom. The van der Waals surface area contributed by atoms with Crippen LogP contribution in [0.15, 0.2) is 18.2 Å². The molecule has 0 aromatic heterocycles. The molecule has 2 heterocycles. The zero-order valence-corrected chi connectivity index (χ0v) is 9.57. The molecule has 16 heavy (non-hydrogen) atoms. The van der Waals surface area contributed by atoms with Gasteiger partial charge in [-0.15, -0.1) is 0 Å². The van der Waals surface area contributed by atoms with Crippen LogP contribution in [0.4, 0.5) is 0 Å². The lowest BCUT2D eigenvalue weighted by molar-refractivity contribution is -0.129. The number of amides is 1. The van der Waals surface area contributed by atoms with Gasteiger partial charge < -0.3 is 10.6 Å². The van der Waals surface area contributed by atoms with Crippen molar-refractivity contribution in [1.29, 1.82) is 0 Å². The number of fused-ring (bicyclic) bond motifs is 3. The number of rotatable bonds is 0. The fraction of sp³-hybridized carbons (Fsp3) is 0.417. The molecule has 0 spiro atoms. The molecule has 3 rings (SSSR count). The molecule has 84 valence electrons. The Morgan fingerprint density at radius 3 is 3.06 bits per heavy atom. The number of carbonyl (C=O) groups is 1. The van der Waals surface area contributed by atoms with E-state index >= 15 is 0 Å². The second kappa shape index (κ2) is 3.47. The van der Waals surface area contributed by atoms with E-state index in [4.69, 9.17) is 17.3 Å². The van der Waals surface area contributed by atoms with Gasteiger partial charge in [-0.05, 0) is 29.7 Å². The van der Waals surface area contributed by atoms with Gasteiger partial charge in [-0.3, -0.25) is 4.79 Å². The first-order valence-corrected chi connectivity index (χ1v) is 5.88. The van der Waals surface area contributed by atoms with Gasteiger partial charge in [0.15, 0.2) is 0 Å². The highest BCUT2D eigenvalue weighted by Crippen LogP contribution is 2.38. The van der Waals surface area contributed by atoms with Gasteiger partial charge in [0.1, 0.15) is 0 Å². The molecule has 2 unspecified atom stereocenters. The summed E-state index contributed by atoms with van der Waals surface area (Å²) in [5.41, 5.74) is 8.45. The van der Waals surface area contributed by atoms with Crippen molar-refractivity contribution in [2.24, 2.45) is 5.73 Å². The zero-order chi connectivity index (χ0) is 11.3. The standard InChI is InChI=1S/C12H13ClN2O/c13-8-1-2-9-7(5-8)3-4-15-11(16)6-10(14)12(9)15/h1-2,5,10,12H,3-4,6,14H2. The van der Waals surface area contributed by atoms with Crippen LogP contribution in [0.1, 0.15) is 23.6 Å². The van der Waals surface area contributed by atoms with Crippen molar-refractivity contribution in [2.75, 3.05) is 6.54 Å². The summed E-state index contributed by atoms with van der Waals surface area (Å²) in [6, 6.07) is 5.86. The Balaban J connectivity index is 2.09. The molecule has 1 aromatic rings. The van der Waals surface area contributed by atoms with Crippen LogP contribution in [0.3, 0.4) is 0 Å². The first-order chi connectivity index (χ1) is 7.66. The van der Waals surface area contributed by atoms with Crippen LogP contribution >= 0.6 is 11.6 Å². The van der Waals surface area contributed by atoms with Gasteiger partial charge in [-0.1, -0.05) is 17.7 Å². The Morgan fingerprint density at radius 1 is 1.44 bits per heavy atom. The summed E-state index contributed by atoms with van der Waals surface area (Å²) in [5, 5.41) is 0.755. The summed E-state index contributed by atoms with van der Waals surface area (Å²) >= 11 is 5.97. The van der Waals surface area contributed by atoms with Crippen LogP contribution in [-0.2, 0) is 11.2 Å². The van der Waals surface area contributed by atoms with Crippen LogP contribution in [0, 0.1) is 0 Å². The van der Waals surface area contributed by atoms with Crippen LogP contribution in [-0.4, -0.2) is 23.4 Å². The molecule has 2 aliphatic rings. The predicted molar refractivity (Wildman–Crippen MR) is 62.2 cm³/mol. The van der Waals surface area contributed by atoms with Gasteiger partial charge in [0.2, 0.25) is 5.91 Å². The van der Waals surface area contributed by atoms with Crippen molar-refractivity contribution in [2.45, 2.75) is 24.9 Å². The third-order valence-corrected chi connectivity index (χ3v) is 3.75. The van der Waals surface area contributed by atoms with Gasteiger partial charge in [0.25, 0.3) is 0 Å². The third kappa shape index (κ3) is 1.35. The molecule has 0 saturated carbocycles. The lowest BCUT2D eigenvalue weighted by Gasteiger charge is -2.33. The first kappa shape index (κ1) is 10.1. The van der Waals surface area contributed by atoms with E-state index in [-0.39, 0.29) is 18.0 Å². The molecule has 0 radical (unpaired) electrons. The van der Waals surface area contributed by atoms with Crippen LogP contribution in [0.2, 0.25) is 5.02 Å².